The third-order valence-electron chi connectivity index (χ3n) is 5.12. The van der Waals surface area contributed by atoms with Crippen molar-refractivity contribution < 1.29 is 4.42 Å². The van der Waals surface area contributed by atoms with Crippen molar-refractivity contribution in [1.82, 2.24) is 9.55 Å². The van der Waals surface area contributed by atoms with Gasteiger partial charge in [-0.05, 0) is 42.7 Å². The summed E-state index contributed by atoms with van der Waals surface area (Å²) in [5, 5.41) is 1.38. The maximum Gasteiger partial charge on any atom is 0.298 e. The molecule has 1 aliphatic rings. The van der Waals surface area contributed by atoms with Gasteiger partial charge in [0.25, 0.3) is 6.01 Å². The SMILES string of the molecule is Cc1ccc2nc(N3CCc4c(n(C)c5ccccc45)C3)oc2c1. The third kappa shape index (κ3) is 1.89. The van der Waals surface area contributed by atoms with Gasteiger partial charge in [0.15, 0.2) is 5.58 Å². The van der Waals surface area contributed by atoms with Crippen molar-refractivity contribution in [2.24, 2.45) is 7.05 Å². The zero-order chi connectivity index (χ0) is 16.3. The van der Waals surface area contributed by atoms with Crippen molar-refractivity contribution in [3.8, 4) is 0 Å². The highest BCUT2D eigenvalue weighted by Crippen LogP contribution is 2.32. The molecule has 4 nitrogen and oxygen atoms in total. The smallest absolute Gasteiger partial charge is 0.298 e. The van der Waals surface area contributed by atoms with Crippen molar-refractivity contribution in [3.63, 3.8) is 0 Å². The second-order valence-corrected chi connectivity index (χ2v) is 6.64. The fourth-order valence-corrected chi connectivity index (χ4v) is 3.83. The van der Waals surface area contributed by atoms with Crippen molar-refractivity contribution in [2.45, 2.75) is 19.9 Å². The molecule has 0 N–H and O–H groups in total. The van der Waals surface area contributed by atoms with Crippen LogP contribution in [0, 0.1) is 6.92 Å². The van der Waals surface area contributed by atoms with Crippen LogP contribution in [0.15, 0.2) is 46.9 Å². The molecule has 0 bridgehead atoms. The summed E-state index contributed by atoms with van der Waals surface area (Å²) in [6.07, 6.45) is 1.02. The summed E-state index contributed by atoms with van der Waals surface area (Å²) < 4.78 is 8.33. The molecule has 0 saturated heterocycles. The van der Waals surface area contributed by atoms with Gasteiger partial charge in [-0.25, -0.2) is 0 Å². The van der Waals surface area contributed by atoms with Crippen LogP contribution in [0.3, 0.4) is 0 Å². The van der Waals surface area contributed by atoms with Gasteiger partial charge in [0, 0.05) is 30.2 Å². The fraction of sp³-hybridized carbons (Fsp3) is 0.250. The van der Waals surface area contributed by atoms with E-state index in [-0.39, 0.29) is 0 Å². The van der Waals surface area contributed by atoms with Crippen molar-refractivity contribution in [3.05, 3.63) is 59.3 Å². The van der Waals surface area contributed by atoms with E-state index in [0.717, 1.165) is 36.6 Å². The van der Waals surface area contributed by atoms with E-state index in [2.05, 4.69) is 64.8 Å². The van der Waals surface area contributed by atoms with E-state index in [0.29, 0.717) is 0 Å². The van der Waals surface area contributed by atoms with Crippen LogP contribution >= 0.6 is 0 Å². The van der Waals surface area contributed by atoms with Crippen LogP contribution in [-0.2, 0) is 20.0 Å². The lowest BCUT2D eigenvalue weighted by molar-refractivity contribution is 0.548. The quantitative estimate of drug-likeness (QED) is 0.528. The Bertz CT molecular complexity index is 1070. The number of hydrogen-bond donors (Lipinski definition) is 0. The maximum atomic E-state index is 6.02. The molecule has 4 heteroatoms. The Morgan fingerprint density at radius 2 is 2.00 bits per heavy atom. The molecular weight excluding hydrogens is 298 g/mol. The number of hydrogen-bond acceptors (Lipinski definition) is 3. The predicted molar refractivity (Wildman–Crippen MR) is 96.4 cm³/mol. The van der Waals surface area contributed by atoms with E-state index < -0.39 is 0 Å². The summed E-state index contributed by atoms with van der Waals surface area (Å²) in [7, 11) is 2.15. The van der Waals surface area contributed by atoms with Crippen LogP contribution in [0.25, 0.3) is 22.0 Å². The van der Waals surface area contributed by atoms with Gasteiger partial charge < -0.3 is 13.9 Å². The number of aryl methyl sites for hydroxylation is 2. The molecule has 2 aromatic heterocycles. The van der Waals surface area contributed by atoms with Gasteiger partial charge in [-0.3, -0.25) is 0 Å². The van der Waals surface area contributed by atoms with Gasteiger partial charge in [-0.1, -0.05) is 24.3 Å². The third-order valence-corrected chi connectivity index (χ3v) is 5.12. The van der Waals surface area contributed by atoms with Crippen LogP contribution in [0.1, 0.15) is 16.8 Å². The Morgan fingerprint density at radius 1 is 1.12 bits per heavy atom. The van der Waals surface area contributed by atoms with Gasteiger partial charge in [-0.2, -0.15) is 4.98 Å². The van der Waals surface area contributed by atoms with Crippen LogP contribution < -0.4 is 4.90 Å². The molecule has 1 aliphatic heterocycles. The molecular formula is C20H19N3O. The molecule has 120 valence electrons. The number of rotatable bonds is 1. The zero-order valence-electron chi connectivity index (χ0n) is 13.9. The normalized spacial score (nSPS) is 14.5. The summed E-state index contributed by atoms with van der Waals surface area (Å²) in [4.78, 5) is 6.93. The van der Waals surface area contributed by atoms with Gasteiger partial charge in [-0.15, -0.1) is 0 Å². The molecule has 0 unspecified atom stereocenters. The number of para-hydroxylation sites is 1. The number of anilines is 1. The van der Waals surface area contributed by atoms with E-state index in [4.69, 9.17) is 4.42 Å². The fourth-order valence-electron chi connectivity index (χ4n) is 3.83. The molecule has 0 saturated carbocycles. The van der Waals surface area contributed by atoms with E-state index in [9.17, 15) is 0 Å². The monoisotopic (exact) mass is 317 g/mol. The average Bonchev–Trinajstić information content (AvgIpc) is 3.15. The molecule has 4 aromatic rings. The summed E-state index contributed by atoms with van der Waals surface area (Å²) in [6, 6.07) is 15.5. The van der Waals surface area contributed by atoms with E-state index in [1.807, 2.05) is 6.07 Å². The maximum absolute atomic E-state index is 6.02. The van der Waals surface area contributed by atoms with Gasteiger partial charge in [0.1, 0.15) is 5.52 Å². The first-order valence-electron chi connectivity index (χ1n) is 8.38. The number of oxazole rings is 1. The highest BCUT2D eigenvalue weighted by atomic mass is 16.4. The summed E-state index contributed by atoms with van der Waals surface area (Å²) in [5.74, 6) is 0. The number of benzene rings is 2. The van der Waals surface area contributed by atoms with Crippen LogP contribution in [0.4, 0.5) is 6.01 Å². The van der Waals surface area contributed by atoms with E-state index in [1.54, 1.807) is 0 Å². The molecule has 0 aliphatic carbocycles. The van der Waals surface area contributed by atoms with E-state index >= 15 is 0 Å². The molecule has 0 fully saturated rings. The highest BCUT2D eigenvalue weighted by molar-refractivity contribution is 5.86. The Hall–Kier alpha value is -2.75. The minimum absolute atomic E-state index is 0.728. The lowest BCUT2D eigenvalue weighted by atomic mass is 10.0. The molecule has 0 radical (unpaired) electrons. The van der Waals surface area contributed by atoms with Gasteiger partial charge in [0.05, 0.1) is 6.54 Å². The molecule has 0 amide bonds. The van der Waals surface area contributed by atoms with E-state index in [1.165, 1.54) is 27.7 Å². The van der Waals surface area contributed by atoms with Gasteiger partial charge in [0.2, 0.25) is 0 Å². The molecule has 0 spiro atoms. The van der Waals surface area contributed by atoms with Crippen LogP contribution in [0.2, 0.25) is 0 Å². The average molecular weight is 317 g/mol. The summed E-state index contributed by atoms with van der Waals surface area (Å²) in [5.41, 5.74) is 7.13. The molecule has 0 atom stereocenters. The second-order valence-electron chi connectivity index (χ2n) is 6.64. The summed E-state index contributed by atoms with van der Waals surface area (Å²) in [6.45, 7) is 3.85. The lowest BCUT2D eigenvalue weighted by Gasteiger charge is -2.26. The first-order valence-corrected chi connectivity index (χ1v) is 8.38. The van der Waals surface area contributed by atoms with Crippen LogP contribution in [0.5, 0.6) is 0 Å². The summed E-state index contributed by atoms with van der Waals surface area (Å²) >= 11 is 0. The first kappa shape index (κ1) is 13.7. The van der Waals surface area contributed by atoms with Crippen molar-refractivity contribution in [2.75, 3.05) is 11.4 Å². The van der Waals surface area contributed by atoms with Gasteiger partial charge >= 0.3 is 0 Å². The van der Waals surface area contributed by atoms with Crippen molar-refractivity contribution >= 4 is 28.0 Å². The predicted octanol–water partition coefficient (Wildman–Crippen LogP) is 4.19. The topological polar surface area (TPSA) is 34.2 Å². The first-order chi connectivity index (χ1) is 11.7. The molecule has 2 aromatic carbocycles. The van der Waals surface area contributed by atoms with Crippen molar-refractivity contribution in [1.29, 1.82) is 0 Å². The Labute approximate surface area is 140 Å². The Kier molecular flexibility index (Phi) is 2.77. The molecule has 5 rings (SSSR count). The minimum atomic E-state index is 0.728. The largest absolute Gasteiger partial charge is 0.423 e. The number of fused-ring (bicyclic) bond motifs is 4. The minimum Gasteiger partial charge on any atom is -0.423 e. The number of nitrogens with zero attached hydrogens (tertiary/aromatic N) is 3. The Balaban J connectivity index is 1.58. The Morgan fingerprint density at radius 3 is 2.92 bits per heavy atom. The standard InChI is InChI=1S/C20H19N3O/c1-13-7-8-16-19(11-13)24-20(21-16)23-10-9-15-14-5-3-4-6-17(14)22(2)18(15)12-23/h3-8,11H,9-10,12H2,1-2H3. The van der Waals surface area contributed by atoms with Crippen LogP contribution in [-0.4, -0.2) is 16.1 Å². The second kappa shape index (κ2) is 4.87. The lowest BCUT2D eigenvalue weighted by Crippen LogP contribution is -2.31. The molecule has 3 heterocycles. The number of aromatic nitrogens is 2. The zero-order valence-corrected chi connectivity index (χ0v) is 13.9. The molecule has 24 heavy (non-hydrogen) atoms. The highest BCUT2D eigenvalue weighted by Gasteiger charge is 2.25.